The molecule has 0 spiro atoms. The molecule has 0 heterocycles. The van der Waals surface area contributed by atoms with E-state index >= 15 is 9.59 Å². The number of phenols is 1. The van der Waals surface area contributed by atoms with Crippen molar-refractivity contribution < 1.29 is 38.4 Å². The second-order valence-electron chi connectivity index (χ2n) is 21.2. The number of unbranched alkanes of at least 4 members (excludes halogenated alkanes) is 35. The van der Waals surface area contributed by atoms with Gasteiger partial charge in [0.2, 0.25) is 11.5 Å². The molecule has 1 N–H and O–H groups in total. The van der Waals surface area contributed by atoms with Crippen LogP contribution in [0.25, 0.3) is 0 Å². The Balaban J connectivity index is 1.99. The van der Waals surface area contributed by atoms with Crippen LogP contribution in [0.4, 0.5) is 0 Å². The van der Waals surface area contributed by atoms with E-state index in [4.69, 9.17) is 23.7 Å². The molecule has 0 unspecified atom stereocenters. The van der Waals surface area contributed by atoms with Crippen LogP contribution < -0.4 is 23.7 Å². The Labute approximate surface area is 441 Å². The third kappa shape index (κ3) is 24.7. The van der Waals surface area contributed by atoms with Crippen LogP contribution in [0.1, 0.15) is 323 Å². The van der Waals surface area contributed by atoms with E-state index in [1.54, 1.807) is 12.1 Å². The molecule has 0 amide bonds. The van der Waals surface area contributed by atoms with Gasteiger partial charge in [0.05, 0.1) is 44.2 Å². The maximum atomic E-state index is 15.2. The zero-order valence-electron chi connectivity index (χ0n) is 47.3. The maximum Gasteiger partial charge on any atom is 0.204 e. The van der Waals surface area contributed by atoms with Crippen LogP contribution in [0.5, 0.6) is 34.5 Å². The van der Waals surface area contributed by atoms with Crippen molar-refractivity contribution in [1.82, 2.24) is 0 Å². The average molecular weight is 1010 g/mol. The minimum Gasteiger partial charge on any atom is -0.504 e. The molecule has 0 bridgehead atoms. The predicted molar refractivity (Wildman–Crippen MR) is 302 cm³/mol. The van der Waals surface area contributed by atoms with Gasteiger partial charge < -0.3 is 28.8 Å². The van der Waals surface area contributed by atoms with Gasteiger partial charge in [-0.3, -0.25) is 9.59 Å². The second-order valence-corrected chi connectivity index (χ2v) is 21.2. The lowest BCUT2D eigenvalue weighted by Gasteiger charge is -2.26. The molecule has 1 aliphatic carbocycles. The Morgan fingerprint density at radius 1 is 0.292 bits per heavy atom. The number of carbonyl (C=O) groups excluding carboxylic acids is 2. The Hall–Kier alpha value is -3.42. The van der Waals surface area contributed by atoms with E-state index < -0.39 is 5.78 Å². The predicted octanol–water partition coefficient (Wildman–Crippen LogP) is 19.8. The Morgan fingerprint density at radius 2 is 0.528 bits per heavy atom. The van der Waals surface area contributed by atoms with Crippen LogP contribution in [0.15, 0.2) is 12.1 Å². The van der Waals surface area contributed by atoms with Crippen LogP contribution in [0.3, 0.4) is 0 Å². The largest absolute Gasteiger partial charge is 0.504 e. The number of carbonyl (C=O) groups is 2. The molecule has 72 heavy (non-hydrogen) atoms. The van der Waals surface area contributed by atoms with Gasteiger partial charge in [0.1, 0.15) is 0 Å². The summed E-state index contributed by atoms with van der Waals surface area (Å²) in [5.41, 5.74) is 0.404. The van der Waals surface area contributed by atoms with Crippen LogP contribution in [-0.2, 0) is 0 Å². The summed E-state index contributed by atoms with van der Waals surface area (Å²) in [5, 5.41) is 12.2. The van der Waals surface area contributed by atoms with Gasteiger partial charge >= 0.3 is 0 Å². The highest BCUT2D eigenvalue weighted by molar-refractivity contribution is 6.31. The molecule has 3 rings (SSSR count). The maximum absolute atomic E-state index is 15.2. The lowest BCUT2D eigenvalue weighted by atomic mass is 9.82. The molecule has 0 aromatic heterocycles. The number of aromatic hydroxyl groups is 1. The Bertz CT molecular complexity index is 1700. The summed E-state index contributed by atoms with van der Waals surface area (Å²) in [6.07, 6.45) is 46.5. The summed E-state index contributed by atoms with van der Waals surface area (Å²) in [6.45, 7) is 13.3. The van der Waals surface area contributed by atoms with Crippen molar-refractivity contribution in [2.45, 2.75) is 291 Å². The number of ether oxygens (including phenoxy) is 5. The molecule has 0 aliphatic heterocycles. The fourth-order valence-corrected chi connectivity index (χ4v) is 10.0. The highest BCUT2D eigenvalue weighted by Crippen LogP contribution is 2.51. The fourth-order valence-electron chi connectivity index (χ4n) is 10.0. The van der Waals surface area contributed by atoms with Crippen molar-refractivity contribution in [1.29, 1.82) is 0 Å². The van der Waals surface area contributed by atoms with Gasteiger partial charge in [0.15, 0.2) is 34.6 Å². The molecular weight excluding hydrogens is 897 g/mol. The van der Waals surface area contributed by atoms with Gasteiger partial charge in [-0.25, -0.2) is 0 Å². The number of fused-ring (bicyclic) bond motifs is 2. The standard InChI is InChI=1S/C64H108O8/c1-6-11-16-21-26-31-36-41-46-68-55-51-53-57(61(67)62(55)70-48-43-38-33-28-23-18-13-8-3)59(65)54-52-56(69-47-42-37-32-27-22-17-12-7-2)63(71-49-44-39-34-29-24-19-14-9-4)64(58(54)60(53)66)72-50-45-40-35-30-25-20-15-10-5/h51-52,67H,6-50H2,1-5H3. The molecular formula is C64H108O8. The van der Waals surface area contributed by atoms with Crippen LogP contribution in [0.2, 0.25) is 0 Å². The number of hydrogen-bond acceptors (Lipinski definition) is 8. The van der Waals surface area contributed by atoms with E-state index in [9.17, 15) is 5.11 Å². The zero-order valence-corrected chi connectivity index (χ0v) is 47.3. The summed E-state index contributed by atoms with van der Waals surface area (Å²) in [5.74, 6) is 0.371. The molecule has 0 atom stereocenters. The smallest absolute Gasteiger partial charge is 0.204 e. The zero-order chi connectivity index (χ0) is 51.7. The molecule has 2 aromatic carbocycles. The van der Waals surface area contributed by atoms with Crippen molar-refractivity contribution in [2.75, 3.05) is 33.0 Å². The highest BCUT2D eigenvalue weighted by atomic mass is 16.5. The van der Waals surface area contributed by atoms with Gasteiger partial charge in [0.25, 0.3) is 0 Å². The highest BCUT2D eigenvalue weighted by Gasteiger charge is 2.40. The first-order valence-electron chi connectivity index (χ1n) is 30.8. The van der Waals surface area contributed by atoms with E-state index in [0.29, 0.717) is 50.3 Å². The topological polar surface area (TPSA) is 101 Å². The molecule has 8 nitrogen and oxygen atoms in total. The number of phenolic OH excluding ortho intramolecular Hbond substituents is 1. The monoisotopic (exact) mass is 1000 g/mol. The molecule has 2 aromatic rings. The fraction of sp³-hybridized carbons (Fsp3) is 0.781. The van der Waals surface area contributed by atoms with Crippen molar-refractivity contribution >= 4 is 11.6 Å². The van der Waals surface area contributed by atoms with E-state index in [-0.39, 0.29) is 45.3 Å². The SMILES string of the molecule is CCCCCCCCCCOc1cc2c(c(O)c1OCCCCCCCCCC)C(=O)c1cc(OCCCCCCCCCC)c(OCCCCCCCCCC)c(OCCCCCCCCCC)c1C2=O. The number of hydrogen-bond donors (Lipinski definition) is 1. The molecule has 0 radical (unpaired) electrons. The van der Waals surface area contributed by atoms with Crippen molar-refractivity contribution in [2.24, 2.45) is 0 Å². The first kappa shape index (κ1) is 62.9. The summed E-state index contributed by atoms with van der Waals surface area (Å²) in [6, 6.07) is 3.32. The second kappa shape index (κ2) is 41.9. The quantitative estimate of drug-likeness (QED) is 0.0558. The Kier molecular flexibility index (Phi) is 36.6. The molecule has 1 aliphatic rings. The first-order chi connectivity index (χ1) is 35.4. The lowest BCUT2D eigenvalue weighted by Crippen LogP contribution is -2.24. The normalized spacial score (nSPS) is 12.1. The van der Waals surface area contributed by atoms with Gasteiger partial charge in [-0.2, -0.15) is 0 Å². The number of rotatable bonds is 50. The first-order valence-corrected chi connectivity index (χ1v) is 30.8. The third-order valence-electron chi connectivity index (χ3n) is 14.6. The summed E-state index contributed by atoms with van der Waals surface area (Å²) >= 11 is 0. The van der Waals surface area contributed by atoms with E-state index in [1.165, 1.54) is 161 Å². The number of ketones is 2. The van der Waals surface area contributed by atoms with Crippen LogP contribution in [-0.4, -0.2) is 49.7 Å². The lowest BCUT2D eigenvalue weighted by molar-refractivity contribution is 0.0969. The molecule has 0 saturated heterocycles. The minimum absolute atomic E-state index is 0.0477. The van der Waals surface area contributed by atoms with E-state index in [0.717, 1.165) is 96.3 Å². The Morgan fingerprint density at radius 3 is 0.861 bits per heavy atom. The summed E-state index contributed by atoms with van der Waals surface area (Å²) < 4.78 is 32.8. The van der Waals surface area contributed by atoms with Gasteiger partial charge in [-0.1, -0.05) is 259 Å². The summed E-state index contributed by atoms with van der Waals surface area (Å²) in [7, 11) is 0. The number of benzene rings is 2. The molecule has 8 heteroatoms. The minimum atomic E-state index is -0.452. The molecule has 412 valence electrons. The van der Waals surface area contributed by atoms with Gasteiger partial charge in [-0.15, -0.1) is 0 Å². The van der Waals surface area contributed by atoms with E-state index in [1.807, 2.05) is 0 Å². The van der Waals surface area contributed by atoms with Crippen LogP contribution in [0, 0.1) is 0 Å². The van der Waals surface area contributed by atoms with Crippen molar-refractivity contribution in [3.63, 3.8) is 0 Å². The van der Waals surface area contributed by atoms with E-state index in [2.05, 4.69) is 34.6 Å². The van der Waals surface area contributed by atoms with Gasteiger partial charge in [0, 0.05) is 11.1 Å². The van der Waals surface area contributed by atoms with Crippen LogP contribution >= 0.6 is 0 Å². The van der Waals surface area contributed by atoms with Gasteiger partial charge in [-0.05, 0) is 44.2 Å². The summed E-state index contributed by atoms with van der Waals surface area (Å²) in [4.78, 5) is 30.2. The van der Waals surface area contributed by atoms with Crippen molar-refractivity contribution in [3.05, 3.63) is 34.4 Å². The third-order valence-corrected chi connectivity index (χ3v) is 14.6. The molecule has 0 saturated carbocycles. The molecule has 0 fully saturated rings. The van der Waals surface area contributed by atoms with Crippen molar-refractivity contribution in [3.8, 4) is 34.5 Å². The average Bonchev–Trinajstić information content (AvgIpc) is 3.38.